The van der Waals surface area contributed by atoms with Crippen LogP contribution in [0.3, 0.4) is 0 Å². The molecule has 0 fully saturated rings. The highest BCUT2D eigenvalue weighted by Gasteiger charge is 2.17. The van der Waals surface area contributed by atoms with Gasteiger partial charge in [0.05, 0.1) is 28.3 Å². The van der Waals surface area contributed by atoms with E-state index in [2.05, 4.69) is 19.2 Å². The Morgan fingerprint density at radius 2 is 1.92 bits per heavy atom. The Hall–Kier alpha value is -2.89. The van der Waals surface area contributed by atoms with Crippen molar-refractivity contribution in [2.45, 2.75) is 27.2 Å². The first-order valence-corrected chi connectivity index (χ1v) is 8.17. The van der Waals surface area contributed by atoms with E-state index >= 15 is 0 Å². The maximum Gasteiger partial charge on any atom is 0.274 e. The van der Waals surface area contributed by atoms with Crippen molar-refractivity contribution in [3.05, 3.63) is 63.7 Å². The van der Waals surface area contributed by atoms with Crippen molar-refractivity contribution in [2.24, 2.45) is 5.92 Å². The lowest BCUT2D eigenvalue weighted by atomic mass is 10.1. The third-order valence-corrected chi connectivity index (χ3v) is 3.83. The van der Waals surface area contributed by atoms with Gasteiger partial charge in [0.15, 0.2) is 0 Å². The highest BCUT2D eigenvalue weighted by atomic mass is 16.6. The van der Waals surface area contributed by atoms with E-state index in [1.54, 1.807) is 43.3 Å². The fourth-order valence-electron chi connectivity index (χ4n) is 2.33. The second-order valence-corrected chi connectivity index (χ2v) is 6.19. The highest BCUT2D eigenvalue weighted by molar-refractivity contribution is 6.06. The summed E-state index contributed by atoms with van der Waals surface area (Å²) in [5.41, 5.74) is 1.20. The zero-order chi connectivity index (χ0) is 18.4. The van der Waals surface area contributed by atoms with Gasteiger partial charge in [-0.15, -0.1) is 0 Å². The number of nitro benzene ring substituents is 1. The van der Waals surface area contributed by atoms with Crippen LogP contribution in [0.4, 0.5) is 11.4 Å². The van der Waals surface area contributed by atoms with E-state index in [9.17, 15) is 14.9 Å². The van der Waals surface area contributed by atoms with Crippen molar-refractivity contribution in [1.82, 2.24) is 0 Å². The van der Waals surface area contributed by atoms with Crippen LogP contribution in [0.1, 0.15) is 36.2 Å². The number of rotatable bonds is 7. The molecule has 0 aromatic heterocycles. The summed E-state index contributed by atoms with van der Waals surface area (Å²) >= 11 is 0. The molecule has 2 aromatic carbocycles. The lowest BCUT2D eigenvalue weighted by Crippen LogP contribution is -2.15. The van der Waals surface area contributed by atoms with Gasteiger partial charge in [-0.25, -0.2) is 0 Å². The SMILES string of the molecule is Cc1c(NC(=O)c2ccccc2OCCC(C)C)cccc1[N+](=O)[O-]. The minimum absolute atomic E-state index is 0.0285. The molecule has 0 saturated carbocycles. The van der Waals surface area contributed by atoms with E-state index < -0.39 is 4.92 Å². The average molecular weight is 342 g/mol. The molecule has 0 aliphatic carbocycles. The van der Waals surface area contributed by atoms with Gasteiger partial charge >= 0.3 is 0 Å². The molecule has 25 heavy (non-hydrogen) atoms. The molecule has 0 bridgehead atoms. The molecule has 2 rings (SSSR count). The summed E-state index contributed by atoms with van der Waals surface area (Å²) < 4.78 is 5.73. The van der Waals surface area contributed by atoms with Crippen LogP contribution in [0.25, 0.3) is 0 Å². The molecule has 1 N–H and O–H groups in total. The predicted molar refractivity (Wildman–Crippen MR) is 97.2 cm³/mol. The molecule has 2 aromatic rings. The molecule has 132 valence electrons. The highest BCUT2D eigenvalue weighted by Crippen LogP contribution is 2.27. The summed E-state index contributed by atoms with van der Waals surface area (Å²) in [7, 11) is 0. The van der Waals surface area contributed by atoms with Crippen LogP contribution in [0, 0.1) is 23.0 Å². The molecule has 1 amide bonds. The molecular weight excluding hydrogens is 320 g/mol. The van der Waals surface area contributed by atoms with Gasteiger partial charge in [0.1, 0.15) is 5.75 Å². The van der Waals surface area contributed by atoms with Gasteiger partial charge in [-0.2, -0.15) is 0 Å². The Bertz CT molecular complexity index is 772. The lowest BCUT2D eigenvalue weighted by molar-refractivity contribution is -0.385. The molecule has 6 nitrogen and oxygen atoms in total. The molecule has 0 unspecified atom stereocenters. The number of carbonyl (C=O) groups excluding carboxylic acids is 1. The molecule has 0 aliphatic heterocycles. The summed E-state index contributed by atoms with van der Waals surface area (Å²) in [4.78, 5) is 23.2. The molecule has 0 spiro atoms. The first-order chi connectivity index (χ1) is 11.9. The van der Waals surface area contributed by atoms with E-state index in [-0.39, 0.29) is 11.6 Å². The van der Waals surface area contributed by atoms with Crippen molar-refractivity contribution >= 4 is 17.3 Å². The van der Waals surface area contributed by atoms with Crippen LogP contribution in [-0.2, 0) is 0 Å². The van der Waals surface area contributed by atoms with Crippen LogP contribution in [0.5, 0.6) is 5.75 Å². The quantitative estimate of drug-likeness (QED) is 0.590. The second-order valence-electron chi connectivity index (χ2n) is 6.19. The first kappa shape index (κ1) is 18.4. The van der Waals surface area contributed by atoms with Crippen LogP contribution >= 0.6 is 0 Å². The van der Waals surface area contributed by atoms with Gasteiger partial charge in [0, 0.05) is 6.07 Å². The number of nitro groups is 1. The number of hydrogen-bond acceptors (Lipinski definition) is 4. The Labute approximate surface area is 147 Å². The van der Waals surface area contributed by atoms with Gasteiger partial charge in [0.25, 0.3) is 11.6 Å². The maximum atomic E-state index is 12.6. The van der Waals surface area contributed by atoms with E-state index in [0.717, 1.165) is 6.42 Å². The number of amides is 1. The van der Waals surface area contributed by atoms with Gasteiger partial charge in [-0.3, -0.25) is 14.9 Å². The third-order valence-electron chi connectivity index (χ3n) is 3.83. The van der Waals surface area contributed by atoms with Gasteiger partial charge in [-0.05, 0) is 37.5 Å². The summed E-state index contributed by atoms with van der Waals surface area (Å²) in [5, 5.41) is 13.8. The second kappa shape index (κ2) is 8.28. The van der Waals surface area contributed by atoms with Gasteiger partial charge in [-0.1, -0.05) is 32.0 Å². The predicted octanol–water partition coefficient (Wildman–Crippen LogP) is 4.58. The Kier molecular flexibility index (Phi) is 6.11. The molecule has 0 saturated heterocycles. The number of hydrogen-bond donors (Lipinski definition) is 1. The monoisotopic (exact) mass is 342 g/mol. The fourth-order valence-corrected chi connectivity index (χ4v) is 2.33. The number of nitrogens with one attached hydrogen (secondary N) is 1. The summed E-state index contributed by atoms with van der Waals surface area (Å²) in [6.07, 6.45) is 0.889. The molecular formula is C19H22N2O4. The lowest BCUT2D eigenvalue weighted by Gasteiger charge is -2.13. The Morgan fingerprint density at radius 3 is 2.60 bits per heavy atom. The molecule has 0 aliphatic rings. The van der Waals surface area contributed by atoms with E-state index in [4.69, 9.17) is 4.74 Å². The molecule has 0 heterocycles. The standard InChI is InChI=1S/C19H22N2O4/c1-13(2)11-12-25-18-10-5-4-7-15(18)19(22)20-16-8-6-9-17(14(16)3)21(23)24/h4-10,13H,11-12H2,1-3H3,(H,20,22). The normalized spacial score (nSPS) is 10.6. The van der Waals surface area contributed by atoms with Crippen LogP contribution in [0.2, 0.25) is 0 Å². The average Bonchev–Trinajstić information content (AvgIpc) is 2.56. The van der Waals surface area contributed by atoms with Crippen LogP contribution < -0.4 is 10.1 Å². The largest absolute Gasteiger partial charge is 0.493 e. The maximum absolute atomic E-state index is 12.6. The number of para-hydroxylation sites is 1. The minimum Gasteiger partial charge on any atom is -0.493 e. The zero-order valence-corrected chi connectivity index (χ0v) is 14.6. The fraction of sp³-hybridized carbons (Fsp3) is 0.316. The zero-order valence-electron chi connectivity index (χ0n) is 14.6. The van der Waals surface area contributed by atoms with E-state index in [0.29, 0.717) is 35.1 Å². The number of nitrogens with zero attached hydrogens (tertiary/aromatic N) is 1. The van der Waals surface area contributed by atoms with Gasteiger partial charge < -0.3 is 10.1 Å². The Morgan fingerprint density at radius 1 is 1.20 bits per heavy atom. The van der Waals surface area contributed by atoms with Crippen LogP contribution in [-0.4, -0.2) is 17.4 Å². The smallest absolute Gasteiger partial charge is 0.274 e. The number of ether oxygens (including phenoxy) is 1. The van der Waals surface area contributed by atoms with Crippen molar-refractivity contribution in [1.29, 1.82) is 0 Å². The minimum atomic E-state index is -0.464. The Balaban J connectivity index is 2.19. The third kappa shape index (κ3) is 4.79. The molecule has 0 atom stereocenters. The van der Waals surface area contributed by atoms with Crippen molar-refractivity contribution in [3.63, 3.8) is 0 Å². The first-order valence-electron chi connectivity index (χ1n) is 8.17. The van der Waals surface area contributed by atoms with Gasteiger partial charge in [0.2, 0.25) is 0 Å². The molecule has 6 heteroatoms. The van der Waals surface area contributed by atoms with Crippen molar-refractivity contribution < 1.29 is 14.5 Å². The van der Waals surface area contributed by atoms with Crippen LogP contribution in [0.15, 0.2) is 42.5 Å². The summed E-state index contributed by atoms with van der Waals surface area (Å²) in [6, 6.07) is 11.6. The van der Waals surface area contributed by atoms with E-state index in [1.807, 2.05) is 0 Å². The summed E-state index contributed by atoms with van der Waals surface area (Å²) in [5.74, 6) is 0.654. The number of benzene rings is 2. The van der Waals surface area contributed by atoms with E-state index in [1.165, 1.54) is 6.07 Å². The summed E-state index contributed by atoms with van der Waals surface area (Å²) in [6.45, 7) is 6.34. The number of anilines is 1. The molecule has 0 radical (unpaired) electrons. The van der Waals surface area contributed by atoms with Crippen molar-refractivity contribution in [3.8, 4) is 5.75 Å². The van der Waals surface area contributed by atoms with Crippen molar-refractivity contribution in [2.75, 3.05) is 11.9 Å². The number of carbonyl (C=O) groups is 1. The topological polar surface area (TPSA) is 81.5 Å².